The number of rotatable bonds is 13. The maximum absolute atomic E-state index is 12.2. The molecule has 292 valence electrons. The van der Waals surface area contributed by atoms with Crippen molar-refractivity contribution in [3.05, 3.63) is 156 Å². The minimum atomic E-state index is 0.0138. The quantitative estimate of drug-likeness (QED) is 0.0919. The Morgan fingerprint density at radius 3 is 1.51 bits per heavy atom. The van der Waals surface area contributed by atoms with Gasteiger partial charge in [0.25, 0.3) is 0 Å². The van der Waals surface area contributed by atoms with E-state index in [0.717, 1.165) is 40.4 Å². The number of hydrogen-bond acceptors (Lipinski definition) is 7. The number of benzene rings is 5. The van der Waals surface area contributed by atoms with Gasteiger partial charge in [0.05, 0.1) is 27.1 Å². The van der Waals surface area contributed by atoms with Crippen LogP contribution in [0.4, 0.5) is 11.4 Å². The number of methoxy groups -OCH3 is 2. The van der Waals surface area contributed by atoms with Gasteiger partial charge in [-0.05, 0) is 92.4 Å². The van der Waals surface area contributed by atoms with Crippen LogP contribution in [0, 0.1) is 6.92 Å². The highest BCUT2D eigenvalue weighted by Crippen LogP contribution is 2.15. The van der Waals surface area contributed by atoms with Crippen LogP contribution in [0.15, 0.2) is 133 Å². The summed E-state index contributed by atoms with van der Waals surface area (Å²) < 4.78 is 9.92. The zero-order chi connectivity index (χ0) is 40.7. The molecule has 5 rings (SSSR count). The van der Waals surface area contributed by atoms with Gasteiger partial charge in [-0.15, -0.1) is 0 Å². The molecule has 1 atom stereocenters. The van der Waals surface area contributed by atoms with Crippen molar-refractivity contribution in [2.75, 3.05) is 38.4 Å². The summed E-state index contributed by atoms with van der Waals surface area (Å²) >= 11 is 0. The van der Waals surface area contributed by atoms with Crippen LogP contribution in [-0.2, 0) is 38.4 Å². The number of hydrogen-bond donors (Lipinski definition) is 4. The third-order valence-electron chi connectivity index (χ3n) is 7.55. The molecular weight excluding hydrogens is 693 g/mol. The van der Waals surface area contributed by atoms with Crippen LogP contribution < -0.4 is 30.7 Å². The molecular formula is C45H56N4O6. The average Bonchev–Trinajstić information content (AvgIpc) is 3.21. The van der Waals surface area contributed by atoms with E-state index in [1.807, 2.05) is 113 Å². The van der Waals surface area contributed by atoms with E-state index in [2.05, 4.69) is 52.5 Å². The van der Waals surface area contributed by atoms with E-state index in [0.29, 0.717) is 25.8 Å². The molecule has 0 aliphatic carbocycles. The van der Waals surface area contributed by atoms with E-state index in [1.54, 1.807) is 38.5 Å². The second-order valence-corrected chi connectivity index (χ2v) is 11.9. The van der Waals surface area contributed by atoms with Crippen molar-refractivity contribution >= 4 is 36.4 Å². The lowest BCUT2D eigenvalue weighted by Gasteiger charge is -2.14. The Bertz CT molecular complexity index is 1710. The molecule has 5 aromatic rings. The lowest BCUT2D eigenvalue weighted by atomic mass is 10.1. The Kier molecular flexibility index (Phi) is 24.6. The van der Waals surface area contributed by atoms with E-state index in [1.165, 1.54) is 11.1 Å². The van der Waals surface area contributed by atoms with Crippen molar-refractivity contribution < 1.29 is 28.7 Å². The number of carbonyl (C=O) groups is 4. The molecule has 10 nitrogen and oxygen atoms in total. The van der Waals surface area contributed by atoms with Crippen LogP contribution in [0.3, 0.4) is 0 Å². The van der Waals surface area contributed by atoms with Gasteiger partial charge in [0, 0.05) is 31.0 Å². The summed E-state index contributed by atoms with van der Waals surface area (Å²) in [6, 6.07) is 43.0. The summed E-state index contributed by atoms with van der Waals surface area (Å²) in [5, 5.41) is 11.4. The van der Waals surface area contributed by atoms with E-state index < -0.39 is 0 Å². The van der Waals surface area contributed by atoms with Crippen molar-refractivity contribution in [3.8, 4) is 11.5 Å². The molecule has 5 aromatic carbocycles. The van der Waals surface area contributed by atoms with Crippen molar-refractivity contribution in [3.63, 3.8) is 0 Å². The van der Waals surface area contributed by atoms with Crippen molar-refractivity contribution in [1.29, 1.82) is 0 Å². The van der Waals surface area contributed by atoms with Crippen LogP contribution in [0.5, 0.6) is 11.5 Å². The van der Waals surface area contributed by atoms with Gasteiger partial charge in [0.1, 0.15) is 18.3 Å². The number of anilines is 2. The molecule has 0 fully saturated rings. The lowest BCUT2D eigenvalue weighted by Crippen LogP contribution is -2.35. The minimum Gasteiger partial charge on any atom is -0.497 e. The minimum absolute atomic E-state index is 0.0138. The number of nitrogens with one attached hydrogen (secondary N) is 4. The first-order chi connectivity index (χ1) is 26.7. The van der Waals surface area contributed by atoms with Gasteiger partial charge < -0.3 is 35.5 Å². The maximum atomic E-state index is 12.2. The van der Waals surface area contributed by atoms with Crippen LogP contribution >= 0.6 is 0 Å². The first-order valence-corrected chi connectivity index (χ1v) is 17.8. The summed E-state index contributed by atoms with van der Waals surface area (Å²) in [5.41, 5.74) is 6.30. The fraction of sp³-hybridized carbons (Fsp3) is 0.244. The van der Waals surface area contributed by atoms with Gasteiger partial charge in [-0.3, -0.25) is 14.4 Å². The molecule has 0 bridgehead atoms. The molecule has 0 aliphatic rings. The van der Waals surface area contributed by atoms with Gasteiger partial charge in [0.15, 0.2) is 0 Å². The fourth-order valence-corrected chi connectivity index (χ4v) is 4.80. The van der Waals surface area contributed by atoms with Crippen LogP contribution in [0.25, 0.3) is 0 Å². The van der Waals surface area contributed by atoms with Gasteiger partial charge in [-0.2, -0.15) is 0 Å². The lowest BCUT2D eigenvalue weighted by molar-refractivity contribution is -0.121. The third-order valence-corrected chi connectivity index (χ3v) is 7.55. The Balaban J connectivity index is 0.000000413. The van der Waals surface area contributed by atoms with Crippen LogP contribution in [-0.4, -0.2) is 58.9 Å². The fourth-order valence-electron chi connectivity index (χ4n) is 4.80. The highest BCUT2D eigenvalue weighted by Gasteiger charge is 2.09. The SMILES string of the molecule is C=O.CCNC(=O)Cc1ccc(CC(=O)NC(C)Cc2ccccc2)cc1.CNc1ccc(OC)cc1.COc1ccc(NC=O)cc1.Cc1ccccc1. The van der Waals surface area contributed by atoms with E-state index in [-0.39, 0.29) is 17.9 Å². The van der Waals surface area contributed by atoms with Crippen molar-refractivity contribution in [2.24, 2.45) is 0 Å². The number of carbonyl (C=O) groups excluding carboxylic acids is 4. The zero-order valence-corrected chi connectivity index (χ0v) is 32.8. The largest absolute Gasteiger partial charge is 0.497 e. The smallest absolute Gasteiger partial charge is 0.224 e. The van der Waals surface area contributed by atoms with Crippen LogP contribution in [0.1, 0.15) is 36.1 Å². The molecule has 1 unspecified atom stereocenters. The Hall–Kier alpha value is -6.42. The molecule has 0 saturated carbocycles. The summed E-state index contributed by atoms with van der Waals surface area (Å²) in [5.74, 6) is 1.70. The molecule has 4 N–H and O–H groups in total. The topological polar surface area (TPSA) is 135 Å². The van der Waals surface area contributed by atoms with Gasteiger partial charge in [-0.1, -0.05) is 90.5 Å². The summed E-state index contributed by atoms with van der Waals surface area (Å²) in [6.45, 7) is 8.64. The number of ether oxygens (including phenoxy) is 2. The molecule has 0 aliphatic heterocycles. The molecule has 0 aromatic heterocycles. The molecule has 10 heteroatoms. The normalized spacial score (nSPS) is 9.85. The molecule has 3 amide bonds. The average molecular weight is 749 g/mol. The summed E-state index contributed by atoms with van der Waals surface area (Å²) in [6.07, 6.45) is 2.18. The standard InChI is InChI=1S/C21H26N2O2.C8H9NO2.C8H11NO.C7H8.CH2O/c1-3-22-20(24)14-18-9-11-19(12-10-18)15-21(25)23-16(2)13-17-7-5-4-6-8-17;1-11-8-4-2-7(3-5-8)9-6-10;1-9-7-3-5-8(10-2)6-4-7;1-7-5-3-2-4-6-7;1-2/h4-12,16H,3,13-15H2,1-2H3,(H,22,24)(H,23,25);2-6H,1H3,(H,9,10);3-6,9H,1-2H3;2-6H,1H3;1H2. The summed E-state index contributed by atoms with van der Waals surface area (Å²) in [7, 11) is 5.15. The predicted octanol–water partition coefficient (Wildman–Crippen LogP) is 7.47. The van der Waals surface area contributed by atoms with E-state index >= 15 is 0 Å². The zero-order valence-electron chi connectivity index (χ0n) is 32.8. The second-order valence-electron chi connectivity index (χ2n) is 11.9. The number of likely N-dealkylation sites (N-methyl/N-ethyl adjacent to an activating group) is 1. The third kappa shape index (κ3) is 21.6. The highest BCUT2D eigenvalue weighted by atomic mass is 16.5. The first kappa shape index (κ1) is 46.6. The van der Waals surface area contributed by atoms with Gasteiger partial charge in [0.2, 0.25) is 18.2 Å². The molecule has 0 heterocycles. The van der Waals surface area contributed by atoms with Crippen LogP contribution in [0.2, 0.25) is 0 Å². The summed E-state index contributed by atoms with van der Waals surface area (Å²) in [4.78, 5) is 41.7. The van der Waals surface area contributed by atoms with E-state index in [4.69, 9.17) is 14.3 Å². The monoisotopic (exact) mass is 748 g/mol. The van der Waals surface area contributed by atoms with E-state index in [9.17, 15) is 14.4 Å². The Morgan fingerprint density at radius 2 is 1.11 bits per heavy atom. The van der Waals surface area contributed by atoms with Crippen molar-refractivity contribution in [1.82, 2.24) is 10.6 Å². The van der Waals surface area contributed by atoms with Gasteiger partial charge >= 0.3 is 0 Å². The predicted molar refractivity (Wildman–Crippen MR) is 224 cm³/mol. The molecule has 0 radical (unpaired) electrons. The first-order valence-electron chi connectivity index (χ1n) is 17.8. The molecule has 55 heavy (non-hydrogen) atoms. The number of amides is 3. The highest BCUT2D eigenvalue weighted by molar-refractivity contribution is 5.80. The van der Waals surface area contributed by atoms with Crippen molar-refractivity contribution in [2.45, 2.75) is 46.1 Å². The molecule has 0 spiro atoms. The molecule has 0 saturated heterocycles. The van der Waals surface area contributed by atoms with Gasteiger partial charge in [-0.25, -0.2) is 0 Å². The number of aryl methyl sites for hydroxylation is 1. The maximum Gasteiger partial charge on any atom is 0.224 e. The second kappa shape index (κ2) is 29.1. The Morgan fingerprint density at radius 1 is 0.655 bits per heavy atom. The Labute approximate surface area is 326 Å².